The van der Waals surface area contributed by atoms with Gasteiger partial charge in [0.15, 0.2) is 11.5 Å². The van der Waals surface area contributed by atoms with Crippen LogP contribution in [-0.2, 0) is 0 Å². The van der Waals surface area contributed by atoms with Crippen LogP contribution in [-0.4, -0.2) is 224 Å². The van der Waals surface area contributed by atoms with Gasteiger partial charge in [0, 0.05) is 108 Å². The Labute approximate surface area is 787 Å². The normalized spacial score (nSPS) is 17.6. The standard InChI is InChI=1S/2C12H16BrN3O.2C12H17N3O2.2C12H17N3O.C5H4Cl2N2.C3H7N.C2H6.3CH4.2BHNS.ClH/c2*1-8-10(13)11(17-9-4-2-5-9)15-12(14-8)16-6-3-7-16;2*1-8-10(16)11(17-9-4-2-5-9)14-12(13-8)15-6-3-7-15;2*1-9-8-11(16-10-4-2-5-10)14-12(13-9)15-6-3-7-15;1-3-2-4(6)9-5(7)8-3;1-2-4-3-1;1-2;;;;2*1-2-3;/h2*9H,2-7H2,1H3;2*9,16H,2-7H2,1H3;2*8,10H,2-7H2,1H3;2H,1H3;4H,1-3H2;1-2H3;3*1H4;2*3H;1H. The number of aryl methyl sites for hydroxylation is 7. The van der Waals surface area contributed by atoms with Crippen molar-refractivity contribution in [1.82, 2.24) is 75.1 Å². The summed E-state index contributed by atoms with van der Waals surface area (Å²) >= 11 is 24.4. The van der Waals surface area contributed by atoms with E-state index in [1.165, 1.54) is 122 Å². The number of nitrogens with zero attached hydrogens (tertiary/aromatic N) is 22. The number of ether oxygens (including phenoxy) is 6. The molecule has 3 N–H and O–H groups in total. The van der Waals surface area contributed by atoms with Crippen LogP contribution in [0.15, 0.2) is 35.7 Å². The molecule has 0 aromatic carbocycles. The van der Waals surface area contributed by atoms with Crippen molar-refractivity contribution in [3.05, 3.63) is 77.4 Å². The first kappa shape index (κ1) is 107. The van der Waals surface area contributed by atoms with Gasteiger partial charge < -0.3 is 73.4 Å². The van der Waals surface area contributed by atoms with Gasteiger partial charge in [-0.15, -0.1) is 12.4 Å². The fourth-order valence-corrected chi connectivity index (χ4v) is 13.2. The van der Waals surface area contributed by atoms with E-state index in [4.69, 9.17) is 51.6 Å². The van der Waals surface area contributed by atoms with Crippen LogP contribution in [0.3, 0.4) is 0 Å². The second kappa shape index (κ2) is 55.1. The van der Waals surface area contributed by atoms with Gasteiger partial charge in [-0.2, -0.15) is 29.9 Å². The summed E-state index contributed by atoms with van der Waals surface area (Å²) in [6, 6.07) is 5.51. The molecule has 7 aromatic rings. The topological polar surface area (TPSA) is 332 Å². The molecule has 13 fully saturated rings. The summed E-state index contributed by atoms with van der Waals surface area (Å²) in [7, 11) is 8.67. The van der Waals surface area contributed by atoms with E-state index in [-0.39, 0.29) is 63.7 Å². The van der Waals surface area contributed by atoms with E-state index in [1.54, 1.807) is 26.8 Å². The molecule has 31 nitrogen and oxygen atoms in total. The van der Waals surface area contributed by atoms with Gasteiger partial charge in [0.1, 0.15) is 50.7 Å². The van der Waals surface area contributed by atoms with Crippen LogP contribution < -0.4 is 63.1 Å². The molecule has 13 aliphatic rings. The first-order valence-electron chi connectivity index (χ1n) is 43.0. The zero-order chi connectivity index (χ0) is 86.3. The van der Waals surface area contributed by atoms with Gasteiger partial charge in [-0.25, -0.2) is 39.9 Å². The molecule has 125 heavy (non-hydrogen) atoms. The maximum atomic E-state index is 9.89. The minimum absolute atomic E-state index is 0. The Bertz CT molecular complexity index is 3960. The number of rotatable bonds is 18. The average Bonchev–Trinajstić information content (AvgIpc) is 0.812. The molecule has 6 aliphatic carbocycles. The predicted molar refractivity (Wildman–Crippen MR) is 517 cm³/mol. The van der Waals surface area contributed by atoms with E-state index < -0.39 is 0 Å². The summed E-state index contributed by atoms with van der Waals surface area (Å²) < 4.78 is 42.0. The van der Waals surface area contributed by atoms with Crippen LogP contribution in [0.25, 0.3) is 0 Å². The third-order valence-corrected chi connectivity index (χ3v) is 24.1. The molecule has 7 aliphatic heterocycles. The van der Waals surface area contributed by atoms with E-state index in [0.29, 0.717) is 76.4 Å². The van der Waals surface area contributed by atoms with Gasteiger partial charge in [-0.1, -0.05) is 47.7 Å². The summed E-state index contributed by atoms with van der Waals surface area (Å²) in [5.41, 5.74) is 5.86. The van der Waals surface area contributed by atoms with Crippen LogP contribution >= 0.6 is 93.1 Å². The Hall–Kier alpha value is -7.02. The van der Waals surface area contributed by atoms with Gasteiger partial charge in [0.25, 0.3) is 11.8 Å². The van der Waals surface area contributed by atoms with E-state index in [9.17, 15) is 10.2 Å². The third-order valence-electron chi connectivity index (χ3n) is 22.0. The Morgan fingerprint density at radius 1 is 0.352 bits per heavy atom. The molecule has 0 amide bonds. The fourth-order valence-electron chi connectivity index (χ4n) is 12.1. The van der Waals surface area contributed by atoms with Crippen molar-refractivity contribution < 1.29 is 38.6 Å². The van der Waals surface area contributed by atoms with Crippen molar-refractivity contribution in [1.29, 1.82) is 0 Å². The van der Waals surface area contributed by atoms with Gasteiger partial charge in [0.2, 0.25) is 64.5 Å². The van der Waals surface area contributed by atoms with Crippen molar-refractivity contribution in [2.24, 2.45) is 8.60 Å². The van der Waals surface area contributed by atoms with Crippen LogP contribution in [0.5, 0.6) is 46.8 Å². The summed E-state index contributed by atoms with van der Waals surface area (Å²) in [6.45, 7) is 32.4. The Morgan fingerprint density at radius 3 is 0.792 bits per heavy atom. The molecule has 14 heterocycles. The molecule has 2 radical (unpaired) electrons. The first-order valence-corrected chi connectivity index (χ1v) is 46.1. The zero-order valence-electron chi connectivity index (χ0n) is 71.9. The van der Waals surface area contributed by atoms with Crippen molar-refractivity contribution in [3.8, 4) is 46.8 Å². The van der Waals surface area contributed by atoms with Crippen LogP contribution in [0.1, 0.15) is 237 Å². The molecule has 6 saturated carbocycles. The molecule has 0 spiro atoms. The minimum atomic E-state index is 0. The van der Waals surface area contributed by atoms with Crippen molar-refractivity contribution in [2.75, 3.05) is 121 Å². The van der Waals surface area contributed by atoms with Crippen LogP contribution in [0, 0.1) is 48.5 Å². The summed E-state index contributed by atoms with van der Waals surface area (Å²) in [5.74, 6) is 8.45. The molecular formula is C85H132B2Br2Cl3N23O8S2. The molecule has 20 rings (SSSR count). The van der Waals surface area contributed by atoms with Gasteiger partial charge in [-0.05, 0) is 272 Å². The number of hydrogen-bond donors (Lipinski definition) is 5. The number of aromatic hydroxyl groups is 2. The average molecular weight is 1960 g/mol. The predicted octanol–water partition coefficient (Wildman–Crippen LogP) is 18.3. The van der Waals surface area contributed by atoms with E-state index >= 15 is 0 Å². The number of anilines is 6. The van der Waals surface area contributed by atoms with Gasteiger partial charge in [0.05, 0.1) is 22.8 Å². The van der Waals surface area contributed by atoms with Crippen LogP contribution in [0.4, 0.5) is 35.7 Å². The number of thiol groups is 2. The molecule has 0 unspecified atom stereocenters. The molecule has 7 aromatic heterocycles. The second-order valence-corrected chi connectivity index (χ2v) is 34.1. The zero-order valence-corrected chi connectivity index (χ0v) is 79.2. The number of aromatic nitrogens is 14. The van der Waals surface area contributed by atoms with Gasteiger partial charge in [-0.3, -0.25) is 0 Å². The molecular weight excluding hydrogens is 1820 g/mol. The molecule has 40 heteroatoms. The summed E-state index contributed by atoms with van der Waals surface area (Å²) in [5, 5.41) is 23.5. The fraction of sp³-hybridized carbons (Fsp3) is 0.671. The Balaban J connectivity index is 0.000000220. The molecule has 7 saturated heterocycles. The third kappa shape index (κ3) is 32.8. The molecule has 0 atom stereocenters. The van der Waals surface area contributed by atoms with E-state index in [1.807, 2.05) is 53.7 Å². The van der Waals surface area contributed by atoms with Crippen molar-refractivity contribution in [3.63, 3.8) is 0 Å². The van der Waals surface area contributed by atoms with Crippen LogP contribution in [0.2, 0.25) is 10.4 Å². The summed E-state index contributed by atoms with van der Waals surface area (Å²) in [6.07, 6.45) is 31.6. The number of nitrogens with one attached hydrogen (secondary N) is 1. The monoisotopic (exact) mass is 1950 g/mol. The van der Waals surface area contributed by atoms with E-state index in [0.717, 1.165) is 203 Å². The van der Waals surface area contributed by atoms with Crippen molar-refractivity contribution in [2.45, 2.75) is 282 Å². The van der Waals surface area contributed by atoms with E-state index in [2.05, 4.69) is 186 Å². The quantitative estimate of drug-likeness (QED) is 0.0231. The molecule has 688 valence electrons. The maximum absolute atomic E-state index is 9.89. The van der Waals surface area contributed by atoms with Crippen molar-refractivity contribution >= 4 is 144 Å². The Morgan fingerprint density at radius 2 is 0.576 bits per heavy atom. The SMILES string of the molecule is C.C.C.C1CNC1.CC.Cc1cc(Cl)nc(Cl)n1.Cc1cc(OC2CCC2)nc(N2CCC2)n1.Cc1cc(OC2CCC2)nc(N2CCC2)n1.Cc1nc(N2CCC2)nc(OC2CCC2)c1Br.Cc1nc(N2CCC2)nc(OC2CCC2)c1Br.Cc1nc(N2CCC2)nc(OC2CCC2)c1O.Cc1nc(N2CCC2)nc(OC2CCC2)c1O.Cl.[B]=NS.[B]=NS. The van der Waals surface area contributed by atoms with Gasteiger partial charge >= 0.3 is 49.5 Å². The summed E-state index contributed by atoms with van der Waals surface area (Å²) in [4.78, 5) is 73.5. The molecule has 0 bridgehead atoms. The second-order valence-electron chi connectivity index (χ2n) is 31.3. The first-order chi connectivity index (χ1) is 58.6. The number of halogens is 5. The number of hydrogen-bond acceptors (Lipinski definition) is 33. The Kier molecular flexibility index (Phi) is 47.1.